The first-order chi connectivity index (χ1) is 12.6. The number of carbonyl (C=O) groups excluding carboxylic acids is 1. The summed E-state index contributed by atoms with van der Waals surface area (Å²) >= 11 is 0. The molecule has 1 atom stereocenters. The molecule has 3 aromatic rings. The van der Waals surface area contributed by atoms with Gasteiger partial charge < -0.3 is 9.64 Å². The Hall–Kier alpha value is -2.72. The Labute approximate surface area is 154 Å². The molecule has 0 spiro atoms. The molecule has 0 radical (unpaired) electrons. The molecule has 0 aliphatic heterocycles. The topological polar surface area (TPSA) is 43.6 Å². The third-order valence-electron chi connectivity index (χ3n) is 4.83. The molecule has 1 unspecified atom stereocenters. The Morgan fingerprint density at radius 3 is 2.42 bits per heavy atom. The summed E-state index contributed by atoms with van der Waals surface area (Å²) in [6, 6.07) is 18.4. The maximum atomic E-state index is 12.5. The molecule has 0 bridgehead atoms. The fourth-order valence-corrected chi connectivity index (χ4v) is 3.38. The molecular formula is C22H25N2O2+. The third-order valence-corrected chi connectivity index (χ3v) is 4.83. The lowest BCUT2D eigenvalue weighted by atomic mass is 10.0. The fraction of sp³-hybridized carbons (Fsp3) is 0.273. The van der Waals surface area contributed by atoms with E-state index in [0.29, 0.717) is 12.1 Å². The van der Waals surface area contributed by atoms with Crippen molar-refractivity contribution in [3.8, 4) is 0 Å². The summed E-state index contributed by atoms with van der Waals surface area (Å²) in [5.41, 5.74) is 4.54. The van der Waals surface area contributed by atoms with Gasteiger partial charge >= 0.3 is 5.97 Å². The number of ether oxygens (including phenoxy) is 1. The summed E-state index contributed by atoms with van der Waals surface area (Å²) in [5.74, 6) is -0.314. The van der Waals surface area contributed by atoms with Crippen LogP contribution in [0.5, 0.6) is 0 Å². The van der Waals surface area contributed by atoms with E-state index in [9.17, 15) is 4.79 Å². The van der Waals surface area contributed by atoms with Crippen molar-refractivity contribution in [1.29, 1.82) is 0 Å². The predicted molar refractivity (Wildman–Crippen MR) is 103 cm³/mol. The number of aryl methyl sites for hydroxylation is 1. The molecule has 0 saturated heterocycles. The molecule has 134 valence electrons. The van der Waals surface area contributed by atoms with Gasteiger partial charge in [-0.2, -0.15) is 0 Å². The van der Waals surface area contributed by atoms with Crippen LogP contribution in [-0.4, -0.2) is 24.6 Å². The number of rotatable bonds is 6. The van der Waals surface area contributed by atoms with Crippen LogP contribution >= 0.6 is 0 Å². The van der Waals surface area contributed by atoms with E-state index in [2.05, 4.69) is 31.2 Å². The average Bonchev–Trinajstić information content (AvgIpc) is 2.68. The van der Waals surface area contributed by atoms with Gasteiger partial charge in [-0.15, -0.1) is 0 Å². The van der Waals surface area contributed by atoms with Crippen molar-refractivity contribution >= 4 is 16.9 Å². The summed E-state index contributed by atoms with van der Waals surface area (Å²) in [7, 11) is 1.43. The Kier molecular flexibility index (Phi) is 5.64. The van der Waals surface area contributed by atoms with Gasteiger partial charge in [0.1, 0.15) is 18.8 Å². The van der Waals surface area contributed by atoms with Gasteiger partial charge in [0.25, 0.3) is 0 Å². The number of quaternary nitrogens is 1. The number of nitrogens with one attached hydrogen (secondary N) is 1. The van der Waals surface area contributed by atoms with Crippen molar-refractivity contribution < 1.29 is 14.4 Å². The van der Waals surface area contributed by atoms with Crippen LogP contribution < -0.4 is 4.90 Å². The number of carbonyl (C=O) groups is 1. The molecule has 0 saturated carbocycles. The lowest BCUT2D eigenvalue weighted by molar-refractivity contribution is -0.926. The largest absolute Gasteiger partial charge is 0.465 e. The number of pyridine rings is 1. The van der Waals surface area contributed by atoms with Crippen LogP contribution in [-0.2, 0) is 17.8 Å². The van der Waals surface area contributed by atoms with Crippen LogP contribution in [0.4, 0.5) is 0 Å². The van der Waals surface area contributed by atoms with Gasteiger partial charge in [-0.1, -0.05) is 48.5 Å². The highest BCUT2D eigenvalue weighted by atomic mass is 16.5. The molecular weight excluding hydrogens is 324 g/mol. The summed E-state index contributed by atoms with van der Waals surface area (Å²) in [6.07, 6.45) is 0. The number of benzene rings is 2. The van der Waals surface area contributed by atoms with E-state index >= 15 is 0 Å². The summed E-state index contributed by atoms with van der Waals surface area (Å²) in [4.78, 5) is 18.6. The second kappa shape index (κ2) is 8.11. The number of methoxy groups -OCH3 is 1. The van der Waals surface area contributed by atoms with Crippen LogP contribution in [0.2, 0.25) is 0 Å². The van der Waals surface area contributed by atoms with Gasteiger partial charge in [-0.25, -0.2) is 9.78 Å². The molecule has 4 nitrogen and oxygen atoms in total. The molecule has 0 amide bonds. The van der Waals surface area contributed by atoms with E-state index in [0.717, 1.165) is 35.2 Å². The van der Waals surface area contributed by atoms with Crippen LogP contribution in [0.25, 0.3) is 10.9 Å². The van der Waals surface area contributed by atoms with Crippen LogP contribution in [0, 0.1) is 6.92 Å². The van der Waals surface area contributed by atoms with Crippen molar-refractivity contribution in [2.75, 3.05) is 13.7 Å². The standard InChI is InChI=1S/C22H24N2O2/c1-4-24(14-17-10-6-5-7-11-17)15-20-21(22(25)26-3)16(2)18-12-8-9-13-19(18)23-20/h5-13H,4,14-15H2,1-3H3/p+1. The summed E-state index contributed by atoms with van der Waals surface area (Å²) < 4.78 is 5.05. The van der Waals surface area contributed by atoms with E-state index in [1.807, 2.05) is 37.3 Å². The zero-order valence-corrected chi connectivity index (χ0v) is 15.6. The predicted octanol–water partition coefficient (Wildman–Crippen LogP) is 2.93. The second-order valence-corrected chi connectivity index (χ2v) is 6.51. The summed E-state index contributed by atoms with van der Waals surface area (Å²) in [6.45, 7) is 6.66. The third kappa shape index (κ3) is 3.75. The van der Waals surface area contributed by atoms with Crippen LogP contribution in [0.15, 0.2) is 54.6 Å². The van der Waals surface area contributed by atoms with E-state index < -0.39 is 0 Å². The minimum absolute atomic E-state index is 0.314. The number of hydrogen-bond acceptors (Lipinski definition) is 3. The summed E-state index contributed by atoms with van der Waals surface area (Å²) in [5, 5.41) is 0.998. The van der Waals surface area contributed by atoms with Gasteiger partial charge in [0, 0.05) is 10.9 Å². The monoisotopic (exact) mass is 349 g/mol. The van der Waals surface area contributed by atoms with Gasteiger partial charge in [0.15, 0.2) is 0 Å². The molecule has 1 N–H and O–H groups in total. The highest BCUT2D eigenvalue weighted by Crippen LogP contribution is 2.23. The minimum Gasteiger partial charge on any atom is -0.465 e. The highest BCUT2D eigenvalue weighted by molar-refractivity contribution is 5.98. The first-order valence-electron chi connectivity index (χ1n) is 8.98. The zero-order valence-electron chi connectivity index (χ0n) is 15.6. The lowest BCUT2D eigenvalue weighted by Gasteiger charge is -2.20. The maximum Gasteiger partial charge on any atom is 0.340 e. The number of esters is 1. The molecule has 1 aromatic heterocycles. The number of nitrogens with zero attached hydrogens (tertiary/aromatic N) is 1. The Bertz CT molecular complexity index is 907. The van der Waals surface area contributed by atoms with E-state index in [1.54, 1.807) is 0 Å². The van der Waals surface area contributed by atoms with Gasteiger partial charge in [-0.3, -0.25) is 0 Å². The quantitative estimate of drug-likeness (QED) is 0.696. The highest BCUT2D eigenvalue weighted by Gasteiger charge is 2.22. The molecule has 0 aliphatic rings. The number of aromatic nitrogens is 1. The first-order valence-corrected chi connectivity index (χ1v) is 8.98. The molecule has 3 rings (SSSR count). The van der Waals surface area contributed by atoms with Crippen LogP contribution in [0.1, 0.15) is 34.1 Å². The SMILES string of the molecule is CC[NH+](Cc1ccccc1)Cc1nc2ccccc2c(C)c1C(=O)OC. The van der Waals surface area contributed by atoms with Crippen LogP contribution in [0.3, 0.4) is 0 Å². The van der Waals surface area contributed by atoms with E-state index in [-0.39, 0.29) is 5.97 Å². The smallest absolute Gasteiger partial charge is 0.340 e. The van der Waals surface area contributed by atoms with E-state index in [4.69, 9.17) is 9.72 Å². The molecule has 2 aromatic carbocycles. The van der Waals surface area contributed by atoms with Crippen molar-refractivity contribution in [2.24, 2.45) is 0 Å². The number of para-hydroxylation sites is 1. The molecule has 0 fully saturated rings. The normalized spacial score (nSPS) is 12.1. The van der Waals surface area contributed by atoms with Gasteiger partial charge in [0.2, 0.25) is 0 Å². The Balaban J connectivity index is 2.00. The maximum absolute atomic E-state index is 12.5. The van der Waals surface area contributed by atoms with Crippen molar-refractivity contribution in [1.82, 2.24) is 4.98 Å². The molecule has 4 heteroatoms. The molecule has 1 heterocycles. The zero-order chi connectivity index (χ0) is 18.5. The van der Waals surface area contributed by atoms with Crippen molar-refractivity contribution in [2.45, 2.75) is 26.9 Å². The van der Waals surface area contributed by atoms with Gasteiger partial charge in [-0.05, 0) is 25.5 Å². The molecule has 26 heavy (non-hydrogen) atoms. The fourth-order valence-electron chi connectivity index (χ4n) is 3.38. The Morgan fingerprint density at radius 2 is 1.73 bits per heavy atom. The minimum atomic E-state index is -0.314. The molecule has 0 aliphatic carbocycles. The second-order valence-electron chi connectivity index (χ2n) is 6.51. The number of hydrogen-bond donors (Lipinski definition) is 1. The average molecular weight is 349 g/mol. The van der Waals surface area contributed by atoms with Crippen molar-refractivity contribution in [3.05, 3.63) is 77.0 Å². The number of fused-ring (bicyclic) bond motifs is 1. The van der Waals surface area contributed by atoms with Crippen molar-refractivity contribution in [3.63, 3.8) is 0 Å². The van der Waals surface area contributed by atoms with Gasteiger partial charge in [0.05, 0.1) is 24.7 Å². The van der Waals surface area contributed by atoms with E-state index in [1.165, 1.54) is 17.6 Å². The Morgan fingerprint density at radius 1 is 1.04 bits per heavy atom. The first kappa shape index (κ1) is 18.1. The lowest BCUT2D eigenvalue weighted by Crippen LogP contribution is -3.09.